The number of piperidine rings is 1. The van der Waals surface area contributed by atoms with Crippen molar-refractivity contribution < 1.29 is 22.7 Å². The second kappa shape index (κ2) is 11.9. The van der Waals surface area contributed by atoms with E-state index in [0.717, 1.165) is 50.0 Å². The molecule has 1 fully saturated rings. The number of ether oxygens (including phenoxy) is 1. The summed E-state index contributed by atoms with van der Waals surface area (Å²) in [5.41, 5.74) is 1.73. The van der Waals surface area contributed by atoms with E-state index in [-0.39, 0.29) is 23.7 Å². The van der Waals surface area contributed by atoms with E-state index in [1.807, 2.05) is 12.4 Å². The van der Waals surface area contributed by atoms with Crippen LogP contribution in [0.4, 0.5) is 19.1 Å². The molecule has 0 spiro atoms. The average molecular weight is 499 g/mol. The molecule has 0 N–H and O–H groups in total. The smallest absolute Gasteiger partial charge is 0.225 e. The molecule has 0 aliphatic carbocycles. The van der Waals surface area contributed by atoms with Crippen LogP contribution in [0.5, 0.6) is 5.75 Å². The third-order valence-electron chi connectivity index (χ3n) is 6.17. The van der Waals surface area contributed by atoms with Crippen LogP contribution in [-0.4, -0.2) is 42.5 Å². The Balaban J connectivity index is 1.36. The molecule has 4 rings (SSSR count). The van der Waals surface area contributed by atoms with E-state index in [0.29, 0.717) is 18.1 Å². The number of aryl methyl sites for hydroxylation is 1. The van der Waals surface area contributed by atoms with Crippen LogP contribution >= 0.6 is 0 Å². The predicted molar refractivity (Wildman–Crippen MR) is 133 cm³/mol. The number of benzene rings is 2. The van der Waals surface area contributed by atoms with Crippen LogP contribution < -0.4 is 9.64 Å². The fourth-order valence-corrected chi connectivity index (χ4v) is 4.07. The van der Waals surface area contributed by atoms with Crippen molar-refractivity contribution in [3.05, 3.63) is 71.3 Å². The van der Waals surface area contributed by atoms with Gasteiger partial charge < -0.3 is 14.5 Å². The summed E-state index contributed by atoms with van der Waals surface area (Å²) in [5.74, 6) is -1.95. The lowest BCUT2D eigenvalue weighted by Gasteiger charge is -2.31. The van der Waals surface area contributed by atoms with Crippen molar-refractivity contribution in [2.75, 3.05) is 31.2 Å². The number of nitrogens with zero attached hydrogens (tertiary/aromatic N) is 4. The van der Waals surface area contributed by atoms with Crippen LogP contribution in [0, 0.1) is 23.4 Å². The highest BCUT2D eigenvalue weighted by Gasteiger charge is 2.23. The van der Waals surface area contributed by atoms with Gasteiger partial charge in [-0.3, -0.25) is 0 Å². The molecule has 0 amide bonds. The predicted octanol–water partition coefficient (Wildman–Crippen LogP) is 5.79. The molecule has 0 atom stereocenters. The SMILES string of the molecule is CCO/N=C/c1ccc(-c2cc(F)c(OCC3CCN(c4ncc(CC)cn4)CC3)c(F)c2)c(F)c1. The van der Waals surface area contributed by atoms with Crippen molar-refractivity contribution in [3.63, 3.8) is 0 Å². The van der Waals surface area contributed by atoms with E-state index in [1.165, 1.54) is 18.3 Å². The van der Waals surface area contributed by atoms with Crippen LogP contribution in [0.1, 0.15) is 37.8 Å². The summed E-state index contributed by atoms with van der Waals surface area (Å²) in [7, 11) is 0. The summed E-state index contributed by atoms with van der Waals surface area (Å²) in [4.78, 5) is 15.8. The minimum atomic E-state index is -0.867. The van der Waals surface area contributed by atoms with Crippen molar-refractivity contribution in [2.45, 2.75) is 33.1 Å². The highest BCUT2D eigenvalue weighted by Crippen LogP contribution is 2.32. The molecule has 2 aromatic carbocycles. The minimum Gasteiger partial charge on any atom is -0.487 e. The second-order valence-electron chi connectivity index (χ2n) is 8.65. The van der Waals surface area contributed by atoms with Gasteiger partial charge in [0.05, 0.1) is 12.8 Å². The molecule has 0 saturated carbocycles. The van der Waals surface area contributed by atoms with Gasteiger partial charge in [0.15, 0.2) is 17.4 Å². The van der Waals surface area contributed by atoms with E-state index in [9.17, 15) is 13.2 Å². The van der Waals surface area contributed by atoms with E-state index < -0.39 is 23.2 Å². The van der Waals surface area contributed by atoms with Gasteiger partial charge in [-0.1, -0.05) is 24.2 Å². The van der Waals surface area contributed by atoms with Crippen molar-refractivity contribution >= 4 is 12.2 Å². The van der Waals surface area contributed by atoms with Gasteiger partial charge in [-0.05, 0) is 67.0 Å². The normalized spacial score (nSPS) is 14.4. The molecule has 1 aliphatic rings. The Bertz CT molecular complexity index is 1170. The van der Waals surface area contributed by atoms with E-state index in [4.69, 9.17) is 9.57 Å². The number of aromatic nitrogens is 2. The first kappa shape index (κ1) is 25.5. The summed E-state index contributed by atoms with van der Waals surface area (Å²) < 4.78 is 49.7. The Labute approximate surface area is 208 Å². The van der Waals surface area contributed by atoms with Gasteiger partial charge >= 0.3 is 0 Å². The molecule has 0 radical (unpaired) electrons. The highest BCUT2D eigenvalue weighted by molar-refractivity contribution is 5.81. The Morgan fingerprint density at radius 2 is 1.69 bits per heavy atom. The first-order valence-electron chi connectivity index (χ1n) is 12.1. The molecule has 1 aromatic heterocycles. The molecular formula is C27H29F3N4O2. The lowest BCUT2D eigenvalue weighted by Crippen LogP contribution is -2.36. The first-order valence-corrected chi connectivity index (χ1v) is 12.1. The molecule has 36 heavy (non-hydrogen) atoms. The second-order valence-corrected chi connectivity index (χ2v) is 8.65. The number of rotatable bonds is 9. The summed E-state index contributed by atoms with van der Waals surface area (Å²) >= 11 is 0. The van der Waals surface area contributed by atoms with Gasteiger partial charge in [-0.2, -0.15) is 0 Å². The lowest BCUT2D eigenvalue weighted by atomic mass is 9.98. The number of hydrogen-bond acceptors (Lipinski definition) is 6. The van der Waals surface area contributed by atoms with Gasteiger partial charge in [0.1, 0.15) is 12.4 Å². The van der Waals surface area contributed by atoms with Gasteiger partial charge in [0, 0.05) is 31.0 Å². The molecule has 1 aliphatic heterocycles. The van der Waals surface area contributed by atoms with Crippen LogP contribution in [0.3, 0.4) is 0 Å². The van der Waals surface area contributed by atoms with Gasteiger partial charge in [-0.15, -0.1) is 0 Å². The van der Waals surface area contributed by atoms with Crippen molar-refractivity contribution in [3.8, 4) is 16.9 Å². The molecule has 3 aromatic rings. The minimum absolute atomic E-state index is 0.0782. The Morgan fingerprint density at radius 1 is 1.00 bits per heavy atom. The average Bonchev–Trinajstić information content (AvgIpc) is 2.89. The largest absolute Gasteiger partial charge is 0.487 e. The third-order valence-corrected chi connectivity index (χ3v) is 6.17. The number of hydrogen-bond donors (Lipinski definition) is 0. The van der Waals surface area contributed by atoms with Crippen LogP contribution in [-0.2, 0) is 11.3 Å². The van der Waals surface area contributed by atoms with E-state index >= 15 is 0 Å². The van der Waals surface area contributed by atoms with Crippen LogP contribution in [0.25, 0.3) is 11.1 Å². The monoisotopic (exact) mass is 498 g/mol. The van der Waals surface area contributed by atoms with Crippen LogP contribution in [0.2, 0.25) is 0 Å². The number of anilines is 1. The van der Waals surface area contributed by atoms with Gasteiger partial charge in [-0.25, -0.2) is 23.1 Å². The standard InChI is InChI=1S/C27H29F3N4O2/c1-3-18-14-31-27(32-15-18)34-9-7-19(8-10-34)17-35-26-24(29)12-21(13-25(26)30)22-6-5-20(11-23(22)28)16-33-36-4-2/h5-6,11-16,19H,3-4,7-10,17H2,1-2H3/b33-16+. The molecule has 6 nitrogen and oxygen atoms in total. The first-order chi connectivity index (χ1) is 17.5. The van der Waals surface area contributed by atoms with Crippen LogP contribution in [0.15, 0.2) is 47.9 Å². The summed E-state index contributed by atoms with van der Waals surface area (Å²) in [5, 5.41) is 3.69. The quantitative estimate of drug-likeness (QED) is 0.276. The molecule has 0 bridgehead atoms. The van der Waals surface area contributed by atoms with Crippen molar-refractivity contribution in [2.24, 2.45) is 11.1 Å². The molecular weight excluding hydrogens is 469 g/mol. The third kappa shape index (κ3) is 6.13. The summed E-state index contributed by atoms with van der Waals surface area (Å²) in [6.07, 6.45) is 7.52. The lowest BCUT2D eigenvalue weighted by molar-refractivity contribution is 0.160. The zero-order valence-corrected chi connectivity index (χ0v) is 20.4. The Morgan fingerprint density at radius 3 is 2.31 bits per heavy atom. The molecule has 9 heteroatoms. The zero-order chi connectivity index (χ0) is 25.5. The maximum absolute atomic E-state index is 14.8. The number of halogens is 3. The fourth-order valence-electron chi connectivity index (χ4n) is 4.07. The van der Waals surface area contributed by atoms with Crippen molar-refractivity contribution in [1.82, 2.24) is 9.97 Å². The maximum atomic E-state index is 14.8. The highest BCUT2D eigenvalue weighted by atomic mass is 19.1. The summed E-state index contributed by atoms with van der Waals surface area (Å²) in [6.45, 7) is 5.91. The number of oxime groups is 1. The van der Waals surface area contributed by atoms with Crippen molar-refractivity contribution in [1.29, 1.82) is 0 Å². The van der Waals surface area contributed by atoms with Gasteiger partial charge in [0.2, 0.25) is 5.95 Å². The van der Waals surface area contributed by atoms with E-state index in [2.05, 4.69) is 26.9 Å². The molecule has 1 saturated heterocycles. The van der Waals surface area contributed by atoms with E-state index in [1.54, 1.807) is 13.0 Å². The molecule has 190 valence electrons. The fraction of sp³-hybridized carbons (Fsp3) is 0.370. The van der Waals surface area contributed by atoms with Gasteiger partial charge in [0.25, 0.3) is 0 Å². The molecule has 0 unspecified atom stereocenters. The topological polar surface area (TPSA) is 59.8 Å². The maximum Gasteiger partial charge on any atom is 0.225 e. The zero-order valence-electron chi connectivity index (χ0n) is 20.4. The summed E-state index contributed by atoms with van der Waals surface area (Å²) in [6, 6.07) is 6.45. The Hall–Kier alpha value is -3.62. The Kier molecular flexibility index (Phi) is 8.40. The molecule has 2 heterocycles.